The van der Waals surface area contributed by atoms with Gasteiger partial charge in [0.2, 0.25) is 0 Å². The molecule has 0 saturated heterocycles. The van der Waals surface area contributed by atoms with Crippen molar-refractivity contribution in [3.63, 3.8) is 0 Å². The van der Waals surface area contributed by atoms with E-state index in [-0.39, 0.29) is 11.9 Å². The summed E-state index contributed by atoms with van der Waals surface area (Å²) in [6.07, 6.45) is 12.5. The number of carbonyl (C=O) groups is 1. The molecule has 0 aliphatic heterocycles. The van der Waals surface area contributed by atoms with Crippen molar-refractivity contribution in [1.29, 1.82) is 0 Å². The van der Waals surface area contributed by atoms with E-state index in [0.717, 1.165) is 12.8 Å². The van der Waals surface area contributed by atoms with Crippen LogP contribution in [0.1, 0.15) is 85.0 Å². The van der Waals surface area contributed by atoms with Crippen molar-refractivity contribution >= 4 is 5.97 Å². The highest BCUT2D eigenvalue weighted by atomic mass is 16.5. The molecule has 2 heteroatoms. The molecule has 108 valence electrons. The second kappa shape index (κ2) is 12.9. The molecular weight excluding hydrogens is 224 g/mol. The summed E-state index contributed by atoms with van der Waals surface area (Å²) in [6, 6.07) is 0. The lowest BCUT2D eigenvalue weighted by Gasteiger charge is -2.13. The Morgan fingerprint density at radius 1 is 0.889 bits per heavy atom. The van der Waals surface area contributed by atoms with E-state index in [1.807, 2.05) is 6.92 Å². The van der Waals surface area contributed by atoms with Crippen molar-refractivity contribution in [1.82, 2.24) is 0 Å². The molecular formula is C16H32O2. The van der Waals surface area contributed by atoms with E-state index in [4.69, 9.17) is 4.74 Å². The third kappa shape index (κ3) is 9.49. The first-order chi connectivity index (χ1) is 8.76. The predicted molar refractivity (Wildman–Crippen MR) is 77.6 cm³/mol. The summed E-state index contributed by atoms with van der Waals surface area (Å²) in [6.45, 7) is 6.71. The van der Waals surface area contributed by atoms with Gasteiger partial charge in [0.25, 0.3) is 0 Å². The fourth-order valence-electron chi connectivity index (χ4n) is 2.27. The fourth-order valence-corrected chi connectivity index (χ4v) is 2.27. The van der Waals surface area contributed by atoms with Gasteiger partial charge in [-0.1, -0.05) is 65.2 Å². The molecule has 0 aliphatic carbocycles. The second-order valence-electron chi connectivity index (χ2n) is 5.12. The van der Waals surface area contributed by atoms with Gasteiger partial charge in [-0.05, 0) is 19.8 Å². The molecule has 0 bridgehead atoms. The molecule has 18 heavy (non-hydrogen) atoms. The maximum atomic E-state index is 11.6. The molecule has 0 aromatic carbocycles. The van der Waals surface area contributed by atoms with E-state index < -0.39 is 0 Å². The Morgan fingerprint density at radius 3 is 1.94 bits per heavy atom. The van der Waals surface area contributed by atoms with Gasteiger partial charge in [-0.2, -0.15) is 0 Å². The zero-order chi connectivity index (χ0) is 13.6. The normalized spacial score (nSPS) is 12.4. The smallest absolute Gasteiger partial charge is 0.308 e. The predicted octanol–water partition coefficient (Wildman–Crippen LogP) is 5.11. The van der Waals surface area contributed by atoms with Crippen LogP contribution in [0.15, 0.2) is 0 Å². The van der Waals surface area contributed by atoms with Crippen molar-refractivity contribution in [3.8, 4) is 0 Å². The van der Waals surface area contributed by atoms with E-state index in [2.05, 4.69) is 13.8 Å². The molecule has 0 heterocycles. The number of ether oxygens (including phenoxy) is 1. The van der Waals surface area contributed by atoms with E-state index in [9.17, 15) is 4.79 Å². The van der Waals surface area contributed by atoms with E-state index in [0.29, 0.717) is 6.61 Å². The van der Waals surface area contributed by atoms with Gasteiger partial charge < -0.3 is 4.74 Å². The van der Waals surface area contributed by atoms with Gasteiger partial charge in [0.05, 0.1) is 12.5 Å². The van der Waals surface area contributed by atoms with Gasteiger partial charge in [-0.3, -0.25) is 4.79 Å². The molecule has 0 aromatic heterocycles. The third-order valence-electron chi connectivity index (χ3n) is 3.52. The Bertz CT molecular complexity index is 190. The van der Waals surface area contributed by atoms with Crippen LogP contribution in [0, 0.1) is 5.92 Å². The van der Waals surface area contributed by atoms with Crippen LogP contribution in [0.4, 0.5) is 0 Å². The van der Waals surface area contributed by atoms with Crippen molar-refractivity contribution in [2.75, 3.05) is 6.61 Å². The largest absolute Gasteiger partial charge is 0.466 e. The minimum Gasteiger partial charge on any atom is -0.466 e. The van der Waals surface area contributed by atoms with Crippen LogP contribution < -0.4 is 0 Å². The van der Waals surface area contributed by atoms with Crippen LogP contribution in [0.3, 0.4) is 0 Å². The van der Waals surface area contributed by atoms with Gasteiger partial charge in [-0.15, -0.1) is 0 Å². The third-order valence-corrected chi connectivity index (χ3v) is 3.52. The summed E-state index contributed by atoms with van der Waals surface area (Å²) in [7, 11) is 0. The molecule has 1 unspecified atom stereocenters. The minimum atomic E-state index is 0.00273. The van der Waals surface area contributed by atoms with Gasteiger partial charge in [0, 0.05) is 0 Å². The Kier molecular flexibility index (Phi) is 12.5. The molecule has 0 aliphatic rings. The number of esters is 1. The van der Waals surface area contributed by atoms with Crippen LogP contribution >= 0.6 is 0 Å². The van der Waals surface area contributed by atoms with E-state index in [1.54, 1.807) is 0 Å². The topological polar surface area (TPSA) is 26.3 Å². The first-order valence-electron chi connectivity index (χ1n) is 7.92. The van der Waals surface area contributed by atoms with Crippen LogP contribution in [0.5, 0.6) is 0 Å². The number of carbonyl (C=O) groups excluding carboxylic acids is 1. The number of rotatable bonds is 12. The summed E-state index contributed by atoms with van der Waals surface area (Å²) >= 11 is 0. The van der Waals surface area contributed by atoms with Crippen LogP contribution in [0.25, 0.3) is 0 Å². The zero-order valence-corrected chi connectivity index (χ0v) is 12.7. The average Bonchev–Trinajstić information content (AvgIpc) is 2.37. The summed E-state index contributed by atoms with van der Waals surface area (Å²) in [5, 5.41) is 0. The summed E-state index contributed by atoms with van der Waals surface area (Å²) in [4.78, 5) is 11.6. The van der Waals surface area contributed by atoms with E-state index >= 15 is 0 Å². The maximum Gasteiger partial charge on any atom is 0.308 e. The highest BCUT2D eigenvalue weighted by molar-refractivity contribution is 5.72. The zero-order valence-electron chi connectivity index (χ0n) is 12.7. The van der Waals surface area contributed by atoms with Crippen LogP contribution in [0.2, 0.25) is 0 Å². The lowest BCUT2D eigenvalue weighted by molar-refractivity contribution is -0.148. The SMILES string of the molecule is CCCCCCCCCCC(CC)C(=O)OCC. The van der Waals surface area contributed by atoms with Gasteiger partial charge in [-0.25, -0.2) is 0 Å². The molecule has 0 amide bonds. The molecule has 0 radical (unpaired) electrons. The van der Waals surface area contributed by atoms with E-state index in [1.165, 1.54) is 51.4 Å². The molecule has 1 atom stereocenters. The molecule has 0 saturated carbocycles. The Labute approximate surface area is 113 Å². The van der Waals surface area contributed by atoms with Gasteiger partial charge in [0.15, 0.2) is 0 Å². The van der Waals surface area contributed by atoms with Gasteiger partial charge in [0.1, 0.15) is 0 Å². The maximum absolute atomic E-state index is 11.6. The highest BCUT2D eigenvalue weighted by Gasteiger charge is 2.16. The quantitative estimate of drug-likeness (QED) is 0.358. The van der Waals surface area contributed by atoms with Crippen molar-refractivity contribution < 1.29 is 9.53 Å². The first-order valence-corrected chi connectivity index (χ1v) is 7.92. The molecule has 0 N–H and O–H groups in total. The van der Waals surface area contributed by atoms with Gasteiger partial charge >= 0.3 is 5.97 Å². The molecule has 0 fully saturated rings. The summed E-state index contributed by atoms with van der Waals surface area (Å²) in [5.41, 5.74) is 0. The van der Waals surface area contributed by atoms with Crippen molar-refractivity contribution in [3.05, 3.63) is 0 Å². The molecule has 0 spiro atoms. The lowest BCUT2D eigenvalue weighted by atomic mass is 9.98. The molecule has 0 rings (SSSR count). The monoisotopic (exact) mass is 256 g/mol. The van der Waals surface area contributed by atoms with Crippen molar-refractivity contribution in [2.24, 2.45) is 5.92 Å². The Balaban J connectivity index is 3.42. The Hall–Kier alpha value is -0.530. The number of unbranched alkanes of at least 4 members (excludes halogenated alkanes) is 7. The summed E-state index contributed by atoms with van der Waals surface area (Å²) < 4.78 is 5.08. The molecule has 0 aromatic rings. The number of hydrogen-bond donors (Lipinski definition) is 0. The molecule has 2 nitrogen and oxygen atoms in total. The lowest BCUT2D eigenvalue weighted by Crippen LogP contribution is -2.16. The van der Waals surface area contributed by atoms with Crippen LogP contribution in [-0.2, 0) is 9.53 Å². The average molecular weight is 256 g/mol. The number of hydrogen-bond acceptors (Lipinski definition) is 2. The fraction of sp³-hybridized carbons (Fsp3) is 0.938. The highest BCUT2D eigenvalue weighted by Crippen LogP contribution is 2.17. The second-order valence-corrected chi connectivity index (χ2v) is 5.12. The standard InChI is InChI=1S/C16H32O2/c1-4-7-8-9-10-11-12-13-14-15(5-2)16(17)18-6-3/h15H,4-14H2,1-3H3. The first kappa shape index (κ1) is 17.5. The van der Waals surface area contributed by atoms with Crippen molar-refractivity contribution in [2.45, 2.75) is 85.0 Å². The summed E-state index contributed by atoms with van der Waals surface area (Å²) in [5.74, 6) is 0.132. The minimum absolute atomic E-state index is 0.00273. The Morgan fingerprint density at radius 2 is 1.44 bits per heavy atom. The van der Waals surface area contributed by atoms with Crippen LogP contribution in [-0.4, -0.2) is 12.6 Å².